The van der Waals surface area contributed by atoms with Crippen LogP contribution in [-0.4, -0.2) is 81.2 Å². The summed E-state index contributed by atoms with van der Waals surface area (Å²) in [6, 6.07) is 3.82. The van der Waals surface area contributed by atoms with E-state index in [0.29, 0.717) is 25.6 Å². The molecular weight excluding hydrogens is 324 g/mol. The molecule has 0 spiro atoms. The van der Waals surface area contributed by atoms with E-state index < -0.39 is 5.97 Å². The quantitative estimate of drug-likeness (QED) is 0.820. The van der Waals surface area contributed by atoms with Crippen molar-refractivity contribution in [3.8, 4) is 5.82 Å². The summed E-state index contributed by atoms with van der Waals surface area (Å²) >= 11 is 0. The van der Waals surface area contributed by atoms with Crippen LogP contribution in [0.3, 0.4) is 0 Å². The Morgan fingerprint density at radius 3 is 2.92 bits per heavy atom. The summed E-state index contributed by atoms with van der Waals surface area (Å²) in [5, 5.41) is 13.3. The fourth-order valence-corrected chi connectivity index (χ4v) is 3.56. The molecule has 0 unspecified atom stereocenters. The number of hydrogen-bond donors (Lipinski definition) is 1. The van der Waals surface area contributed by atoms with Gasteiger partial charge < -0.3 is 14.7 Å². The van der Waals surface area contributed by atoms with Crippen molar-refractivity contribution in [2.75, 3.05) is 44.3 Å². The van der Waals surface area contributed by atoms with Gasteiger partial charge in [0.15, 0.2) is 5.82 Å². The van der Waals surface area contributed by atoms with Gasteiger partial charge in [-0.2, -0.15) is 5.10 Å². The number of anilines is 1. The van der Waals surface area contributed by atoms with Gasteiger partial charge in [0.05, 0.1) is 25.8 Å². The lowest BCUT2D eigenvalue weighted by Crippen LogP contribution is -2.45. The maximum Gasteiger partial charge on any atom is 0.317 e. The summed E-state index contributed by atoms with van der Waals surface area (Å²) < 4.78 is 7.49. The predicted molar refractivity (Wildman–Crippen MR) is 88.7 cm³/mol. The Balaban J connectivity index is 1.61. The van der Waals surface area contributed by atoms with Crippen LogP contribution in [0.4, 0.5) is 5.82 Å². The first kappa shape index (κ1) is 16.0. The van der Waals surface area contributed by atoms with Crippen LogP contribution in [-0.2, 0) is 9.53 Å². The van der Waals surface area contributed by atoms with Crippen LogP contribution < -0.4 is 4.90 Å². The van der Waals surface area contributed by atoms with E-state index in [-0.39, 0.29) is 18.5 Å². The van der Waals surface area contributed by atoms with Crippen molar-refractivity contribution in [2.24, 2.45) is 5.92 Å². The average molecular weight is 344 g/mol. The fraction of sp³-hybridized carbons (Fsp3) is 0.500. The van der Waals surface area contributed by atoms with E-state index in [1.165, 1.54) is 6.33 Å². The number of nitrogens with zero attached hydrogens (tertiary/aromatic N) is 6. The molecule has 132 valence electrons. The normalized spacial score (nSPS) is 24.1. The maximum absolute atomic E-state index is 11.1. The van der Waals surface area contributed by atoms with Gasteiger partial charge in [0.1, 0.15) is 12.1 Å². The molecule has 2 fully saturated rings. The molecular formula is C16H20N6O3. The Labute approximate surface area is 144 Å². The highest BCUT2D eigenvalue weighted by Crippen LogP contribution is 2.25. The largest absolute Gasteiger partial charge is 0.480 e. The zero-order chi connectivity index (χ0) is 17.2. The molecule has 25 heavy (non-hydrogen) atoms. The van der Waals surface area contributed by atoms with Crippen LogP contribution >= 0.6 is 0 Å². The second kappa shape index (κ2) is 6.77. The van der Waals surface area contributed by atoms with Gasteiger partial charge in [-0.15, -0.1) is 0 Å². The van der Waals surface area contributed by atoms with Crippen molar-refractivity contribution < 1.29 is 14.6 Å². The summed E-state index contributed by atoms with van der Waals surface area (Å²) in [5.41, 5.74) is 0. The minimum absolute atomic E-state index is 0.0587. The number of aliphatic carboxylic acids is 1. The molecule has 9 heteroatoms. The van der Waals surface area contributed by atoms with Crippen LogP contribution in [0.1, 0.15) is 0 Å². The molecule has 0 amide bonds. The molecule has 2 aromatic rings. The third-order valence-electron chi connectivity index (χ3n) is 4.58. The Morgan fingerprint density at radius 1 is 1.24 bits per heavy atom. The van der Waals surface area contributed by atoms with Crippen molar-refractivity contribution >= 4 is 11.8 Å². The molecule has 2 saturated heterocycles. The van der Waals surface area contributed by atoms with Gasteiger partial charge in [-0.05, 0) is 6.07 Å². The highest BCUT2D eigenvalue weighted by atomic mass is 16.5. The van der Waals surface area contributed by atoms with Crippen LogP contribution in [0.25, 0.3) is 5.82 Å². The summed E-state index contributed by atoms with van der Waals surface area (Å²) in [6.45, 7) is 3.41. The van der Waals surface area contributed by atoms with Crippen molar-refractivity contribution in [3.63, 3.8) is 0 Å². The molecule has 0 aliphatic carbocycles. The highest BCUT2D eigenvalue weighted by molar-refractivity contribution is 5.69. The Bertz CT molecular complexity index is 737. The Hall–Kier alpha value is -2.52. The summed E-state index contributed by atoms with van der Waals surface area (Å²) in [5.74, 6) is 0.973. The Kier molecular flexibility index (Phi) is 4.33. The molecule has 2 bridgehead atoms. The van der Waals surface area contributed by atoms with Crippen molar-refractivity contribution in [1.29, 1.82) is 0 Å². The van der Waals surface area contributed by atoms with Crippen LogP contribution in [0.2, 0.25) is 0 Å². The summed E-state index contributed by atoms with van der Waals surface area (Å²) in [6.07, 6.45) is 5.08. The molecule has 2 aliphatic rings. The number of fused-ring (bicyclic) bond motifs is 3. The fourth-order valence-electron chi connectivity index (χ4n) is 3.56. The number of aromatic nitrogens is 4. The van der Waals surface area contributed by atoms with E-state index in [1.54, 1.807) is 10.9 Å². The number of hydrogen-bond acceptors (Lipinski definition) is 7. The first-order chi connectivity index (χ1) is 12.2. The summed E-state index contributed by atoms with van der Waals surface area (Å²) in [4.78, 5) is 24.1. The highest BCUT2D eigenvalue weighted by Gasteiger charge is 2.34. The van der Waals surface area contributed by atoms with Gasteiger partial charge in [0, 0.05) is 44.0 Å². The molecule has 4 rings (SSSR count). The lowest BCUT2D eigenvalue weighted by atomic mass is 10.1. The standard InChI is InChI=1S/C16H20N6O3/c23-16(24)8-20-5-12-6-21(13(7-20)10-25-9-12)14-4-15(18-11-17-14)22-3-1-2-19-22/h1-4,11-13H,5-10H2,(H,23,24)/t12-,13-/m0/s1. The molecule has 0 saturated carbocycles. The molecule has 2 atom stereocenters. The number of carboxylic acid groups (broad SMARTS) is 1. The van der Waals surface area contributed by atoms with E-state index in [9.17, 15) is 4.79 Å². The average Bonchev–Trinajstić information content (AvgIpc) is 2.97. The second-order valence-corrected chi connectivity index (χ2v) is 6.48. The van der Waals surface area contributed by atoms with E-state index in [1.807, 2.05) is 23.2 Å². The van der Waals surface area contributed by atoms with Gasteiger partial charge in [-0.25, -0.2) is 14.6 Å². The van der Waals surface area contributed by atoms with E-state index in [0.717, 1.165) is 18.9 Å². The lowest BCUT2D eigenvalue weighted by Gasteiger charge is -2.31. The number of ether oxygens (including phenoxy) is 1. The molecule has 2 aliphatic heterocycles. The first-order valence-electron chi connectivity index (χ1n) is 8.29. The zero-order valence-electron chi connectivity index (χ0n) is 13.7. The van der Waals surface area contributed by atoms with Crippen molar-refractivity contribution in [1.82, 2.24) is 24.6 Å². The third-order valence-corrected chi connectivity index (χ3v) is 4.58. The molecule has 9 nitrogen and oxygen atoms in total. The maximum atomic E-state index is 11.1. The first-order valence-corrected chi connectivity index (χ1v) is 8.29. The molecule has 4 heterocycles. The monoisotopic (exact) mass is 344 g/mol. The molecule has 2 aromatic heterocycles. The molecule has 0 radical (unpaired) electrons. The van der Waals surface area contributed by atoms with E-state index in [4.69, 9.17) is 9.84 Å². The second-order valence-electron chi connectivity index (χ2n) is 6.48. The molecule has 0 aromatic carbocycles. The number of rotatable bonds is 4. The van der Waals surface area contributed by atoms with Crippen molar-refractivity contribution in [2.45, 2.75) is 6.04 Å². The molecule has 1 N–H and O–H groups in total. The number of carbonyl (C=O) groups is 1. The van der Waals surface area contributed by atoms with Gasteiger partial charge >= 0.3 is 5.97 Å². The number of carboxylic acids is 1. The van der Waals surface area contributed by atoms with Gasteiger partial charge in [-0.3, -0.25) is 9.69 Å². The Morgan fingerprint density at radius 2 is 2.12 bits per heavy atom. The van der Waals surface area contributed by atoms with Gasteiger partial charge in [0.2, 0.25) is 0 Å². The van der Waals surface area contributed by atoms with E-state index >= 15 is 0 Å². The van der Waals surface area contributed by atoms with Crippen LogP contribution in [0.15, 0.2) is 30.9 Å². The van der Waals surface area contributed by atoms with Crippen molar-refractivity contribution in [3.05, 3.63) is 30.9 Å². The lowest BCUT2D eigenvalue weighted by molar-refractivity contribution is -0.138. The minimum Gasteiger partial charge on any atom is -0.480 e. The minimum atomic E-state index is -0.796. The van der Waals surface area contributed by atoms with Gasteiger partial charge in [0.25, 0.3) is 0 Å². The predicted octanol–water partition coefficient (Wildman–Crippen LogP) is -0.116. The summed E-state index contributed by atoms with van der Waals surface area (Å²) in [7, 11) is 0. The van der Waals surface area contributed by atoms with Gasteiger partial charge in [-0.1, -0.05) is 0 Å². The zero-order valence-corrected chi connectivity index (χ0v) is 13.7. The van der Waals surface area contributed by atoms with Crippen LogP contribution in [0, 0.1) is 5.92 Å². The SMILES string of the molecule is O=C(O)CN1C[C@@H]2COC[C@H](C1)N(c1cc(-n3cccn3)ncn1)C2. The smallest absolute Gasteiger partial charge is 0.317 e. The third kappa shape index (κ3) is 3.47. The topological polar surface area (TPSA) is 96.6 Å². The van der Waals surface area contributed by atoms with E-state index in [2.05, 4.69) is 20.0 Å². The van der Waals surface area contributed by atoms with Crippen LogP contribution in [0.5, 0.6) is 0 Å².